The Balaban J connectivity index is 1.81. The molecule has 2 amide bonds. The van der Waals surface area contributed by atoms with Gasteiger partial charge in [0, 0.05) is 25.6 Å². The van der Waals surface area contributed by atoms with E-state index in [1.54, 1.807) is 11.0 Å². The lowest BCUT2D eigenvalue weighted by Crippen LogP contribution is -2.43. The lowest BCUT2D eigenvalue weighted by molar-refractivity contribution is 0.175. The average Bonchev–Trinajstić information content (AvgIpc) is 3.02. The zero-order valence-electron chi connectivity index (χ0n) is 12.8. The second-order valence-electron chi connectivity index (χ2n) is 5.55. The Morgan fingerprint density at radius 1 is 1.55 bits per heavy atom. The van der Waals surface area contributed by atoms with Crippen LogP contribution in [0.2, 0.25) is 5.02 Å². The van der Waals surface area contributed by atoms with Gasteiger partial charge in [-0.15, -0.1) is 0 Å². The summed E-state index contributed by atoms with van der Waals surface area (Å²) in [7, 11) is 0. The number of halogens is 1. The molecule has 0 bridgehead atoms. The molecule has 0 spiro atoms. The summed E-state index contributed by atoms with van der Waals surface area (Å²) in [5.74, 6) is 0.832. The van der Waals surface area contributed by atoms with Crippen LogP contribution in [0.4, 0.5) is 4.79 Å². The number of para-hydroxylation sites is 1. The van der Waals surface area contributed by atoms with Crippen LogP contribution in [0.5, 0.6) is 5.75 Å². The summed E-state index contributed by atoms with van der Waals surface area (Å²) < 4.78 is 5.84. The molecule has 1 heterocycles. The first-order valence-electron chi connectivity index (χ1n) is 7.68. The van der Waals surface area contributed by atoms with E-state index in [1.165, 1.54) is 0 Å². The van der Waals surface area contributed by atoms with Crippen LogP contribution < -0.4 is 10.1 Å². The molecule has 5 nitrogen and oxygen atoms in total. The van der Waals surface area contributed by atoms with Crippen LogP contribution in [-0.2, 0) is 0 Å². The number of urea groups is 1. The highest BCUT2D eigenvalue weighted by Crippen LogP contribution is 2.24. The van der Waals surface area contributed by atoms with E-state index in [9.17, 15) is 4.79 Å². The number of carbonyl (C=O) groups excluding carboxylic acids is 1. The fourth-order valence-electron chi connectivity index (χ4n) is 2.47. The Labute approximate surface area is 136 Å². The number of hydrogen-bond donors (Lipinski definition) is 2. The van der Waals surface area contributed by atoms with Crippen molar-refractivity contribution in [3.8, 4) is 5.75 Å². The molecule has 2 rings (SSSR count). The van der Waals surface area contributed by atoms with Crippen molar-refractivity contribution in [2.45, 2.75) is 25.9 Å². The number of ether oxygens (including phenoxy) is 1. The first kappa shape index (κ1) is 16.9. The largest absolute Gasteiger partial charge is 0.487 e. The first-order chi connectivity index (χ1) is 10.6. The zero-order chi connectivity index (χ0) is 15.9. The molecule has 0 saturated carbocycles. The van der Waals surface area contributed by atoms with Gasteiger partial charge in [-0.2, -0.15) is 0 Å². The molecule has 1 aliphatic rings. The maximum absolute atomic E-state index is 12.1. The number of benzene rings is 1. The van der Waals surface area contributed by atoms with Crippen LogP contribution in [0.3, 0.4) is 0 Å². The molecule has 122 valence electrons. The Hall–Kier alpha value is -1.46. The molecular formula is C16H23ClN2O3. The zero-order valence-corrected chi connectivity index (χ0v) is 13.6. The van der Waals surface area contributed by atoms with Crippen LogP contribution in [0.1, 0.15) is 19.8 Å². The fraction of sp³-hybridized carbons (Fsp3) is 0.562. The second kappa shape index (κ2) is 8.25. The third kappa shape index (κ3) is 4.52. The van der Waals surface area contributed by atoms with Crippen molar-refractivity contribution in [2.24, 2.45) is 5.92 Å². The highest BCUT2D eigenvalue weighted by molar-refractivity contribution is 6.32. The topological polar surface area (TPSA) is 61.8 Å². The van der Waals surface area contributed by atoms with Gasteiger partial charge in [0.05, 0.1) is 11.6 Å². The minimum absolute atomic E-state index is 0.0999. The van der Waals surface area contributed by atoms with Crippen molar-refractivity contribution in [1.82, 2.24) is 10.2 Å². The van der Waals surface area contributed by atoms with Gasteiger partial charge < -0.3 is 20.1 Å². The molecule has 2 unspecified atom stereocenters. The van der Waals surface area contributed by atoms with Gasteiger partial charge in [0.15, 0.2) is 0 Å². The standard InChI is InChI=1S/C16H23ClN2O3/c1-2-13(22-15-6-4-3-5-14(15)17)9-18-16(21)19-8-7-12(10-19)11-20/h3-6,12-13,20H,2,7-11H2,1H3,(H,18,21). The molecule has 1 aromatic carbocycles. The summed E-state index contributed by atoms with van der Waals surface area (Å²) in [4.78, 5) is 13.8. The van der Waals surface area contributed by atoms with Gasteiger partial charge in [-0.05, 0) is 25.0 Å². The molecule has 0 radical (unpaired) electrons. The highest BCUT2D eigenvalue weighted by Gasteiger charge is 2.25. The number of carbonyl (C=O) groups is 1. The molecular weight excluding hydrogens is 304 g/mol. The third-order valence-electron chi connectivity index (χ3n) is 3.90. The number of nitrogens with zero attached hydrogens (tertiary/aromatic N) is 1. The number of rotatable bonds is 6. The minimum atomic E-state index is -0.125. The molecule has 0 aliphatic carbocycles. The fourth-order valence-corrected chi connectivity index (χ4v) is 2.65. The van der Waals surface area contributed by atoms with Crippen molar-refractivity contribution in [2.75, 3.05) is 26.2 Å². The lowest BCUT2D eigenvalue weighted by Gasteiger charge is -2.22. The Morgan fingerprint density at radius 2 is 2.32 bits per heavy atom. The van der Waals surface area contributed by atoms with E-state index < -0.39 is 0 Å². The van der Waals surface area contributed by atoms with Crippen molar-refractivity contribution < 1.29 is 14.6 Å². The number of amides is 2. The highest BCUT2D eigenvalue weighted by atomic mass is 35.5. The summed E-state index contributed by atoms with van der Waals surface area (Å²) in [5.41, 5.74) is 0. The molecule has 2 N–H and O–H groups in total. The number of likely N-dealkylation sites (tertiary alicyclic amines) is 1. The van der Waals surface area contributed by atoms with Crippen LogP contribution in [0, 0.1) is 5.92 Å². The number of aliphatic hydroxyl groups is 1. The van der Waals surface area contributed by atoms with Crippen LogP contribution in [0.25, 0.3) is 0 Å². The molecule has 1 aromatic rings. The Morgan fingerprint density at radius 3 is 2.95 bits per heavy atom. The van der Waals surface area contributed by atoms with E-state index in [-0.39, 0.29) is 24.7 Å². The van der Waals surface area contributed by atoms with E-state index in [0.29, 0.717) is 30.4 Å². The maximum Gasteiger partial charge on any atom is 0.317 e. The van der Waals surface area contributed by atoms with Crippen molar-refractivity contribution in [3.05, 3.63) is 29.3 Å². The smallest absolute Gasteiger partial charge is 0.317 e. The van der Waals surface area contributed by atoms with E-state index in [1.807, 2.05) is 25.1 Å². The molecule has 0 aromatic heterocycles. The number of aliphatic hydroxyl groups excluding tert-OH is 1. The number of hydrogen-bond acceptors (Lipinski definition) is 3. The quantitative estimate of drug-likeness (QED) is 0.844. The molecule has 1 fully saturated rings. The monoisotopic (exact) mass is 326 g/mol. The molecule has 2 atom stereocenters. The van der Waals surface area contributed by atoms with Gasteiger partial charge in [0.25, 0.3) is 0 Å². The predicted octanol–water partition coefficient (Wildman–Crippen LogP) is 2.52. The van der Waals surface area contributed by atoms with Gasteiger partial charge >= 0.3 is 6.03 Å². The second-order valence-corrected chi connectivity index (χ2v) is 5.96. The Bertz CT molecular complexity index is 498. The van der Waals surface area contributed by atoms with E-state index in [2.05, 4.69) is 5.32 Å². The van der Waals surface area contributed by atoms with Crippen LogP contribution in [-0.4, -0.2) is 48.4 Å². The van der Waals surface area contributed by atoms with E-state index in [4.69, 9.17) is 21.4 Å². The Kier molecular flexibility index (Phi) is 6.34. The summed E-state index contributed by atoms with van der Waals surface area (Å²) in [6.45, 7) is 3.88. The van der Waals surface area contributed by atoms with Gasteiger partial charge in [-0.1, -0.05) is 30.7 Å². The summed E-state index contributed by atoms with van der Waals surface area (Å²) >= 11 is 6.08. The van der Waals surface area contributed by atoms with Crippen LogP contribution in [0.15, 0.2) is 24.3 Å². The normalized spacial score (nSPS) is 19.0. The summed E-state index contributed by atoms with van der Waals surface area (Å²) in [6.07, 6.45) is 1.50. The predicted molar refractivity (Wildman–Crippen MR) is 86.3 cm³/mol. The van der Waals surface area contributed by atoms with Crippen LogP contribution >= 0.6 is 11.6 Å². The molecule has 6 heteroatoms. The molecule has 22 heavy (non-hydrogen) atoms. The van der Waals surface area contributed by atoms with E-state index >= 15 is 0 Å². The molecule has 1 aliphatic heterocycles. The van der Waals surface area contributed by atoms with Gasteiger partial charge in [-0.25, -0.2) is 4.79 Å². The van der Waals surface area contributed by atoms with E-state index in [0.717, 1.165) is 12.8 Å². The summed E-state index contributed by atoms with van der Waals surface area (Å²) in [5, 5.41) is 12.6. The third-order valence-corrected chi connectivity index (χ3v) is 4.21. The lowest BCUT2D eigenvalue weighted by atomic mass is 10.1. The van der Waals surface area contributed by atoms with Crippen molar-refractivity contribution >= 4 is 17.6 Å². The van der Waals surface area contributed by atoms with Crippen molar-refractivity contribution in [3.63, 3.8) is 0 Å². The van der Waals surface area contributed by atoms with Gasteiger partial charge in [0.1, 0.15) is 11.9 Å². The first-order valence-corrected chi connectivity index (χ1v) is 8.06. The average molecular weight is 327 g/mol. The van der Waals surface area contributed by atoms with Crippen molar-refractivity contribution in [1.29, 1.82) is 0 Å². The van der Waals surface area contributed by atoms with Gasteiger partial charge in [0.2, 0.25) is 0 Å². The molecule has 1 saturated heterocycles. The minimum Gasteiger partial charge on any atom is -0.487 e. The summed E-state index contributed by atoms with van der Waals surface area (Å²) in [6, 6.07) is 7.21. The SMILES string of the molecule is CCC(CNC(=O)N1CCC(CO)C1)Oc1ccccc1Cl. The van der Waals surface area contributed by atoms with Gasteiger partial charge in [-0.3, -0.25) is 0 Å². The number of nitrogens with one attached hydrogen (secondary N) is 1. The maximum atomic E-state index is 12.1.